The average Bonchev–Trinajstić information content (AvgIpc) is 2.41. The SMILES string of the molecule is CC1CCCC(CO)(Nc2ccc(N)c(C#N)c2)C1. The Hall–Kier alpha value is -1.73. The third kappa shape index (κ3) is 2.99. The lowest BCUT2D eigenvalue weighted by molar-refractivity contribution is 0.149. The fourth-order valence-corrected chi connectivity index (χ4v) is 2.99. The molecule has 0 amide bonds. The van der Waals surface area contributed by atoms with Crippen molar-refractivity contribution in [1.29, 1.82) is 5.26 Å². The van der Waals surface area contributed by atoms with Crippen molar-refractivity contribution in [1.82, 2.24) is 0 Å². The zero-order valence-corrected chi connectivity index (χ0v) is 11.3. The van der Waals surface area contributed by atoms with Gasteiger partial charge < -0.3 is 16.2 Å². The molecule has 2 atom stereocenters. The summed E-state index contributed by atoms with van der Waals surface area (Å²) in [6, 6.07) is 7.44. The molecule has 19 heavy (non-hydrogen) atoms. The number of nitrogen functional groups attached to an aromatic ring is 1. The highest BCUT2D eigenvalue weighted by Gasteiger charge is 2.34. The Labute approximate surface area is 114 Å². The zero-order chi connectivity index (χ0) is 13.9. The van der Waals surface area contributed by atoms with Crippen molar-refractivity contribution in [2.75, 3.05) is 17.7 Å². The van der Waals surface area contributed by atoms with Gasteiger partial charge in [0.15, 0.2) is 0 Å². The van der Waals surface area contributed by atoms with Gasteiger partial charge in [-0.3, -0.25) is 0 Å². The van der Waals surface area contributed by atoms with Crippen molar-refractivity contribution >= 4 is 11.4 Å². The molecular weight excluding hydrogens is 238 g/mol. The van der Waals surface area contributed by atoms with E-state index in [2.05, 4.69) is 18.3 Å². The number of rotatable bonds is 3. The quantitative estimate of drug-likeness (QED) is 0.728. The number of nitriles is 1. The van der Waals surface area contributed by atoms with E-state index in [9.17, 15) is 5.11 Å². The minimum atomic E-state index is -0.263. The van der Waals surface area contributed by atoms with Crippen LogP contribution in [0.2, 0.25) is 0 Å². The van der Waals surface area contributed by atoms with Gasteiger partial charge in [-0.05, 0) is 37.0 Å². The van der Waals surface area contributed by atoms with Gasteiger partial charge in [0, 0.05) is 11.4 Å². The first-order valence-electron chi connectivity index (χ1n) is 6.77. The molecule has 4 nitrogen and oxygen atoms in total. The van der Waals surface area contributed by atoms with Crippen LogP contribution >= 0.6 is 0 Å². The van der Waals surface area contributed by atoms with Gasteiger partial charge in [-0.2, -0.15) is 5.26 Å². The number of aliphatic hydroxyl groups excluding tert-OH is 1. The topological polar surface area (TPSA) is 82.1 Å². The second-order valence-electron chi connectivity index (χ2n) is 5.68. The lowest BCUT2D eigenvalue weighted by Gasteiger charge is -2.40. The van der Waals surface area contributed by atoms with E-state index in [0.717, 1.165) is 24.9 Å². The van der Waals surface area contributed by atoms with E-state index in [1.165, 1.54) is 6.42 Å². The molecule has 0 spiro atoms. The highest BCUT2D eigenvalue weighted by atomic mass is 16.3. The summed E-state index contributed by atoms with van der Waals surface area (Å²) in [5, 5.41) is 22.2. The number of anilines is 2. The molecule has 0 aliphatic heterocycles. The summed E-state index contributed by atoms with van der Waals surface area (Å²) in [4.78, 5) is 0. The van der Waals surface area contributed by atoms with Crippen LogP contribution < -0.4 is 11.1 Å². The smallest absolute Gasteiger partial charge is 0.101 e. The minimum absolute atomic E-state index is 0.115. The average molecular weight is 259 g/mol. The maximum atomic E-state index is 9.75. The molecule has 2 unspecified atom stereocenters. The van der Waals surface area contributed by atoms with Gasteiger partial charge in [0.1, 0.15) is 6.07 Å². The maximum absolute atomic E-state index is 9.75. The van der Waals surface area contributed by atoms with E-state index in [0.29, 0.717) is 17.2 Å². The van der Waals surface area contributed by atoms with Crippen molar-refractivity contribution in [3.8, 4) is 6.07 Å². The molecule has 4 heteroatoms. The molecule has 102 valence electrons. The van der Waals surface area contributed by atoms with Gasteiger partial charge in [-0.1, -0.05) is 19.8 Å². The molecule has 1 aromatic carbocycles. The van der Waals surface area contributed by atoms with Crippen LogP contribution in [0, 0.1) is 17.2 Å². The largest absolute Gasteiger partial charge is 0.398 e. The van der Waals surface area contributed by atoms with Crippen LogP contribution in [-0.4, -0.2) is 17.3 Å². The molecule has 0 bridgehead atoms. The molecule has 0 aromatic heterocycles. The van der Waals surface area contributed by atoms with E-state index in [4.69, 9.17) is 11.0 Å². The Kier molecular flexibility index (Phi) is 3.96. The van der Waals surface area contributed by atoms with Gasteiger partial charge in [0.05, 0.1) is 17.7 Å². The lowest BCUT2D eigenvalue weighted by Crippen LogP contribution is -2.45. The van der Waals surface area contributed by atoms with Crippen LogP contribution in [0.4, 0.5) is 11.4 Å². The molecule has 0 saturated heterocycles. The zero-order valence-electron chi connectivity index (χ0n) is 11.3. The number of hydrogen-bond acceptors (Lipinski definition) is 4. The number of nitrogens with one attached hydrogen (secondary N) is 1. The van der Waals surface area contributed by atoms with E-state index < -0.39 is 0 Å². The lowest BCUT2D eigenvalue weighted by atomic mass is 9.76. The normalized spacial score (nSPS) is 26.7. The summed E-state index contributed by atoms with van der Waals surface area (Å²) in [7, 11) is 0. The first-order valence-corrected chi connectivity index (χ1v) is 6.77. The summed E-state index contributed by atoms with van der Waals surface area (Å²) in [6.07, 6.45) is 4.25. The summed E-state index contributed by atoms with van der Waals surface area (Å²) >= 11 is 0. The highest BCUT2D eigenvalue weighted by molar-refractivity contribution is 5.62. The molecule has 1 saturated carbocycles. The third-order valence-electron chi connectivity index (χ3n) is 3.98. The highest BCUT2D eigenvalue weighted by Crippen LogP contribution is 2.35. The molecule has 1 aromatic rings. The molecule has 1 aliphatic rings. The van der Waals surface area contributed by atoms with E-state index in [1.54, 1.807) is 12.1 Å². The van der Waals surface area contributed by atoms with E-state index in [-0.39, 0.29) is 12.1 Å². The fraction of sp³-hybridized carbons (Fsp3) is 0.533. The first-order chi connectivity index (χ1) is 9.08. The van der Waals surface area contributed by atoms with E-state index in [1.807, 2.05) is 6.07 Å². The Bertz CT molecular complexity index is 495. The van der Waals surface area contributed by atoms with Crippen LogP contribution in [0.1, 0.15) is 38.2 Å². The minimum Gasteiger partial charge on any atom is -0.398 e. The van der Waals surface area contributed by atoms with Gasteiger partial charge in [0.2, 0.25) is 0 Å². The van der Waals surface area contributed by atoms with Gasteiger partial charge in [-0.15, -0.1) is 0 Å². The van der Waals surface area contributed by atoms with Crippen molar-refractivity contribution in [2.45, 2.75) is 38.1 Å². The summed E-state index contributed by atoms with van der Waals surface area (Å²) < 4.78 is 0. The number of aliphatic hydroxyl groups is 1. The molecule has 1 fully saturated rings. The molecule has 2 rings (SSSR count). The van der Waals surface area contributed by atoms with Crippen molar-refractivity contribution in [3.05, 3.63) is 23.8 Å². The Balaban J connectivity index is 2.21. The number of nitrogens with zero attached hydrogens (tertiary/aromatic N) is 1. The molecular formula is C15H21N3O. The van der Waals surface area contributed by atoms with Gasteiger partial charge in [-0.25, -0.2) is 0 Å². The Morgan fingerprint density at radius 3 is 3.00 bits per heavy atom. The summed E-state index contributed by atoms with van der Waals surface area (Å²) in [5.74, 6) is 0.609. The maximum Gasteiger partial charge on any atom is 0.101 e. The van der Waals surface area contributed by atoms with Gasteiger partial charge in [0.25, 0.3) is 0 Å². The second kappa shape index (κ2) is 5.50. The second-order valence-corrected chi connectivity index (χ2v) is 5.68. The predicted molar refractivity (Wildman–Crippen MR) is 76.6 cm³/mol. The predicted octanol–water partition coefficient (Wildman–Crippen LogP) is 2.49. The van der Waals surface area contributed by atoms with Crippen molar-refractivity contribution < 1.29 is 5.11 Å². The molecule has 0 heterocycles. The van der Waals surface area contributed by atoms with Crippen LogP contribution in [0.25, 0.3) is 0 Å². The van der Waals surface area contributed by atoms with Crippen LogP contribution in [0.3, 0.4) is 0 Å². The van der Waals surface area contributed by atoms with Crippen molar-refractivity contribution in [2.24, 2.45) is 5.92 Å². The van der Waals surface area contributed by atoms with Crippen LogP contribution in [0.5, 0.6) is 0 Å². The Morgan fingerprint density at radius 2 is 2.37 bits per heavy atom. The third-order valence-corrected chi connectivity index (χ3v) is 3.98. The Morgan fingerprint density at radius 1 is 1.58 bits per heavy atom. The molecule has 4 N–H and O–H groups in total. The first kappa shape index (κ1) is 13.7. The van der Waals surface area contributed by atoms with Crippen molar-refractivity contribution in [3.63, 3.8) is 0 Å². The summed E-state index contributed by atoms with van der Waals surface area (Å²) in [5.41, 5.74) is 7.28. The molecule has 0 radical (unpaired) electrons. The van der Waals surface area contributed by atoms with Crippen LogP contribution in [-0.2, 0) is 0 Å². The monoisotopic (exact) mass is 259 g/mol. The number of hydrogen-bond donors (Lipinski definition) is 3. The fourth-order valence-electron chi connectivity index (χ4n) is 2.99. The standard InChI is InChI=1S/C15H21N3O/c1-11-3-2-6-15(8-11,10-19)18-13-4-5-14(17)12(7-13)9-16/h4-5,7,11,18-19H,2-3,6,8,10,17H2,1H3. The van der Waals surface area contributed by atoms with Crippen LogP contribution in [0.15, 0.2) is 18.2 Å². The number of nitrogens with two attached hydrogens (primary N) is 1. The van der Waals surface area contributed by atoms with E-state index >= 15 is 0 Å². The van der Waals surface area contributed by atoms with Gasteiger partial charge >= 0.3 is 0 Å². The summed E-state index contributed by atoms with van der Waals surface area (Å²) in [6.45, 7) is 2.33. The molecule has 1 aliphatic carbocycles. The number of benzene rings is 1.